The molecule has 1 fully saturated rings. The molecular weight excluding hydrogens is 410 g/mol. The normalized spacial score (nSPS) is 18.3. The van der Waals surface area contributed by atoms with Gasteiger partial charge in [0.15, 0.2) is 16.6 Å². The van der Waals surface area contributed by atoms with Crippen molar-refractivity contribution in [1.82, 2.24) is 15.3 Å². The fourth-order valence-electron chi connectivity index (χ4n) is 3.57. The molecule has 7 nitrogen and oxygen atoms in total. The molecule has 2 aliphatic rings. The monoisotopic (exact) mass is 433 g/mol. The number of benzene rings is 1. The molecule has 1 aromatic carbocycles. The average molecular weight is 434 g/mol. The van der Waals surface area contributed by atoms with Gasteiger partial charge in [0.05, 0.1) is 0 Å². The first-order chi connectivity index (χ1) is 14.1. The molecule has 2 aromatic rings. The highest BCUT2D eigenvalue weighted by atomic mass is 35.5. The van der Waals surface area contributed by atoms with Crippen molar-refractivity contribution in [3.05, 3.63) is 35.0 Å². The molecule has 9 heteroatoms. The lowest BCUT2D eigenvalue weighted by atomic mass is 10.0. The second-order valence-corrected chi connectivity index (χ2v) is 7.99. The standard InChI is InChI=1S/C20H24ClN5O2S/c1-13-4-2-3-7-26(13)18-11-17(21)23-19(24-18)25-20(29)22-12-14-5-6-15-16(10-14)28-9-8-27-15/h5-6,10-11,13H,2-4,7-9,12H2,1H3,(H2,22,23,24,25,29). The lowest BCUT2D eigenvalue weighted by Crippen LogP contribution is -2.38. The molecule has 2 N–H and O–H groups in total. The number of halogens is 1. The van der Waals surface area contributed by atoms with E-state index in [2.05, 4.69) is 32.4 Å². The van der Waals surface area contributed by atoms with Crippen molar-refractivity contribution in [2.45, 2.75) is 38.8 Å². The summed E-state index contributed by atoms with van der Waals surface area (Å²) in [6.07, 6.45) is 3.56. The Morgan fingerprint density at radius 2 is 2.03 bits per heavy atom. The first-order valence-corrected chi connectivity index (χ1v) is 10.6. The van der Waals surface area contributed by atoms with E-state index in [1.165, 1.54) is 6.42 Å². The van der Waals surface area contributed by atoms with Crippen LogP contribution in [0.1, 0.15) is 31.7 Å². The van der Waals surface area contributed by atoms with E-state index < -0.39 is 0 Å². The molecule has 0 aliphatic carbocycles. The summed E-state index contributed by atoms with van der Waals surface area (Å²) in [5.74, 6) is 2.75. The smallest absolute Gasteiger partial charge is 0.232 e. The number of anilines is 2. The number of ether oxygens (including phenoxy) is 2. The van der Waals surface area contributed by atoms with Gasteiger partial charge < -0.3 is 25.0 Å². The highest BCUT2D eigenvalue weighted by Gasteiger charge is 2.21. The molecule has 1 aromatic heterocycles. The highest BCUT2D eigenvalue weighted by molar-refractivity contribution is 7.80. The fraction of sp³-hybridized carbons (Fsp3) is 0.450. The summed E-state index contributed by atoms with van der Waals surface area (Å²) >= 11 is 11.6. The lowest BCUT2D eigenvalue weighted by molar-refractivity contribution is 0.171. The van der Waals surface area contributed by atoms with Crippen LogP contribution < -0.4 is 25.0 Å². The van der Waals surface area contributed by atoms with Crippen molar-refractivity contribution in [3.8, 4) is 11.5 Å². The molecule has 1 unspecified atom stereocenters. The zero-order chi connectivity index (χ0) is 20.2. The molecule has 0 bridgehead atoms. The largest absolute Gasteiger partial charge is 0.486 e. The summed E-state index contributed by atoms with van der Waals surface area (Å²) in [5, 5.41) is 7.03. The second kappa shape index (κ2) is 9.00. The van der Waals surface area contributed by atoms with Crippen molar-refractivity contribution >= 4 is 40.7 Å². The first kappa shape index (κ1) is 20.0. The van der Waals surface area contributed by atoms with Crippen LogP contribution in [0, 0.1) is 0 Å². The average Bonchev–Trinajstić information content (AvgIpc) is 2.72. The number of hydrogen-bond donors (Lipinski definition) is 2. The minimum atomic E-state index is 0.393. The van der Waals surface area contributed by atoms with Crippen LogP contribution in [0.5, 0.6) is 11.5 Å². The molecule has 1 atom stereocenters. The predicted molar refractivity (Wildman–Crippen MR) is 118 cm³/mol. The molecule has 4 rings (SSSR count). The molecule has 0 amide bonds. The van der Waals surface area contributed by atoms with Crippen molar-refractivity contribution in [3.63, 3.8) is 0 Å². The van der Waals surface area contributed by atoms with Crippen LogP contribution in [-0.2, 0) is 6.54 Å². The maximum atomic E-state index is 6.23. The van der Waals surface area contributed by atoms with Crippen LogP contribution in [0.4, 0.5) is 11.8 Å². The molecule has 2 aliphatic heterocycles. The van der Waals surface area contributed by atoms with E-state index in [0.717, 1.165) is 42.3 Å². The third kappa shape index (κ3) is 5.00. The van der Waals surface area contributed by atoms with Gasteiger partial charge in [-0.2, -0.15) is 4.98 Å². The topological polar surface area (TPSA) is 71.5 Å². The number of rotatable bonds is 4. The number of thiocarbonyl (C=S) groups is 1. The van der Waals surface area contributed by atoms with Crippen molar-refractivity contribution in [2.75, 3.05) is 30.0 Å². The molecule has 0 spiro atoms. The van der Waals surface area contributed by atoms with Gasteiger partial charge in [-0.05, 0) is 56.1 Å². The number of nitrogens with zero attached hydrogens (tertiary/aromatic N) is 3. The number of piperidine rings is 1. The lowest BCUT2D eigenvalue weighted by Gasteiger charge is -2.34. The number of fused-ring (bicyclic) bond motifs is 1. The van der Waals surface area contributed by atoms with Crippen molar-refractivity contribution < 1.29 is 9.47 Å². The fourth-order valence-corrected chi connectivity index (χ4v) is 3.91. The van der Waals surface area contributed by atoms with Gasteiger partial charge in [0.25, 0.3) is 0 Å². The Labute approximate surface area is 180 Å². The summed E-state index contributed by atoms with van der Waals surface area (Å²) in [6.45, 7) is 4.87. The Hall–Kier alpha value is -2.32. The molecule has 154 valence electrons. The third-order valence-corrected chi connectivity index (χ3v) is 5.50. The highest BCUT2D eigenvalue weighted by Crippen LogP contribution is 2.30. The van der Waals surface area contributed by atoms with E-state index in [1.54, 1.807) is 6.07 Å². The Morgan fingerprint density at radius 3 is 2.86 bits per heavy atom. The molecule has 0 saturated carbocycles. The van der Waals surface area contributed by atoms with Gasteiger partial charge in [-0.3, -0.25) is 0 Å². The van der Waals surface area contributed by atoms with Crippen LogP contribution in [0.3, 0.4) is 0 Å². The van der Waals surface area contributed by atoms with E-state index in [4.69, 9.17) is 33.3 Å². The molecule has 29 heavy (non-hydrogen) atoms. The zero-order valence-corrected chi connectivity index (χ0v) is 17.9. The summed E-state index contributed by atoms with van der Waals surface area (Å²) in [4.78, 5) is 11.1. The quantitative estimate of drug-likeness (QED) is 0.557. The maximum absolute atomic E-state index is 6.23. The Balaban J connectivity index is 1.38. The number of aromatic nitrogens is 2. The van der Waals surface area contributed by atoms with E-state index in [1.807, 2.05) is 18.2 Å². The zero-order valence-electron chi connectivity index (χ0n) is 16.3. The Morgan fingerprint density at radius 1 is 1.21 bits per heavy atom. The van der Waals surface area contributed by atoms with Crippen LogP contribution in [0.2, 0.25) is 5.15 Å². The van der Waals surface area contributed by atoms with Gasteiger partial charge in [-0.1, -0.05) is 17.7 Å². The number of hydrogen-bond acceptors (Lipinski definition) is 6. The van der Waals surface area contributed by atoms with Crippen LogP contribution in [0.25, 0.3) is 0 Å². The Bertz CT molecular complexity index is 897. The van der Waals surface area contributed by atoms with Gasteiger partial charge in [0, 0.05) is 25.2 Å². The van der Waals surface area contributed by atoms with E-state index in [9.17, 15) is 0 Å². The predicted octanol–water partition coefficient (Wildman–Crippen LogP) is 3.77. The van der Waals surface area contributed by atoms with E-state index in [0.29, 0.717) is 42.0 Å². The van der Waals surface area contributed by atoms with E-state index >= 15 is 0 Å². The van der Waals surface area contributed by atoms with Gasteiger partial charge in [-0.25, -0.2) is 4.98 Å². The summed E-state index contributed by atoms with van der Waals surface area (Å²) in [5.41, 5.74) is 1.04. The van der Waals surface area contributed by atoms with Crippen LogP contribution in [0.15, 0.2) is 24.3 Å². The Kier molecular flexibility index (Phi) is 6.20. The van der Waals surface area contributed by atoms with Crippen LogP contribution >= 0.6 is 23.8 Å². The minimum Gasteiger partial charge on any atom is -0.486 e. The van der Waals surface area contributed by atoms with Crippen molar-refractivity contribution in [2.24, 2.45) is 0 Å². The van der Waals surface area contributed by atoms with Crippen LogP contribution in [-0.4, -0.2) is 40.9 Å². The SMILES string of the molecule is CC1CCCCN1c1cc(Cl)nc(NC(=S)NCc2ccc3c(c2)OCCO3)n1. The molecule has 3 heterocycles. The van der Waals surface area contributed by atoms with Gasteiger partial charge >= 0.3 is 0 Å². The third-order valence-electron chi connectivity index (χ3n) is 5.06. The first-order valence-electron chi connectivity index (χ1n) is 9.83. The summed E-state index contributed by atoms with van der Waals surface area (Å²) in [7, 11) is 0. The summed E-state index contributed by atoms with van der Waals surface area (Å²) in [6, 6.07) is 8.09. The maximum Gasteiger partial charge on any atom is 0.232 e. The summed E-state index contributed by atoms with van der Waals surface area (Å²) < 4.78 is 11.2. The van der Waals surface area contributed by atoms with Gasteiger partial charge in [0.2, 0.25) is 5.95 Å². The number of nitrogens with one attached hydrogen (secondary N) is 2. The molecule has 1 saturated heterocycles. The minimum absolute atomic E-state index is 0.393. The molecule has 0 radical (unpaired) electrons. The van der Waals surface area contributed by atoms with Crippen molar-refractivity contribution in [1.29, 1.82) is 0 Å². The van der Waals surface area contributed by atoms with E-state index in [-0.39, 0.29) is 0 Å². The van der Waals surface area contributed by atoms with Gasteiger partial charge in [-0.15, -0.1) is 0 Å². The van der Waals surface area contributed by atoms with Gasteiger partial charge in [0.1, 0.15) is 24.2 Å². The molecular formula is C20H24ClN5O2S. The second-order valence-electron chi connectivity index (χ2n) is 7.20.